The molecule has 0 unspecified atom stereocenters. The predicted molar refractivity (Wildman–Crippen MR) is 113 cm³/mol. The van der Waals surface area contributed by atoms with Crippen LogP contribution in [0.3, 0.4) is 0 Å². The third-order valence-electron chi connectivity index (χ3n) is 4.14. The molecule has 2 N–H and O–H groups in total. The van der Waals surface area contributed by atoms with E-state index in [0.717, 1.165) is 5.56 Å². The molecule has 0 fully saturated rings. The minimum Gasteiger partial charge on any atom is -0.345 e. The van der Waals surface area contributed by atoms with Crippen LogP contribution in [0.1, 0.15) is 28.4 Å². The molecular weight excluding hydrogens is 395 g/mol. The molecule has 0 heterocycles. The number of hydrogen-bond donors (Lipinski definition) is 2. The Hall–Kier alpha value is -2.82. The van der Waals surface area contributed by atoms with Gasteiger partial charge in [-0.25, -0.2) is 0 Å². The molecule has 0 radical (unpaired) electrons. The van der Waals surface area contributed by atoms with Gasteiger partial charge in [0.25, 0.3) is 5.91 Å². The van der Waals surface area contributed by atoms with Gasteiger partial charge in [0.05, 0.1) is 22.5 Å². The molecule has 0 aliphatic heterocycles. The van der Waals surface area contributed by atoms with E-state index in [1.54, 1.807) is 42.5 Å². The topological polar surface area (TPSA) is 58.2 Å². The summed E-state index contributed by atoms with van der Waals surface area (Å²) in [6.45, 7) is 0. The van der Waals surface area contributed by atoms with Crippen LogP contribution in [0.4, 0.5) is 5.69 Å². The largest absolute Gasteiger partial charge is 0.345 e. The summed E-state index contributed by atoms with van der Waals surface area (Å²) >= 11 is 11.9. The van der Waals surface area contributed by atoms with Crippen molar-refractivity contribution in [1.29, 1.82) is 0 Å². The first kappa shape index (κ1) is 19.9. The van der Waals surface area contributed by atoms with Crippen molar-refractivity contribution in [2.24, 2.45) is 0 Å². The first-order valence-electron chi connectivity index (χ1n) is 8.68. The Morgan fingerprint density at radius 3 is 2.11 bits per heavy atom. The van der Waals surface area contributed by atoms with Crippen LogP contribution >= 0.6 is 23.2 Å². The van der Waals surface area contributed by atoms with Gasteiger partial charge in [-0.2, -0.15) is 0 Å². The lowest BCUT2D eigenvalue weighted by Crippen LogP contribution is -2.31. The van der Waals surface area contributed by atoms with Crippen molar-refractivity contribution < 1.29 is 9.59 Å². The number of carbonyl (C=O) groups excluding carboxylic acids is 2. The standard InChI is InChI=1S/C22H18Cl2N2O2/c23-18-12-11-17(13-19(18)24)25-21(27)14-20(15-7-3-1-4-8-15)26-22(28)16-9-5-2-6-10-16/h1-13,20H,14H2,(H,25,27)(H,26,28)/t20-/m0/s1. The number of amides is 2. The highest BCUT2D eigenvalue weighted by atomic mass is 35.5. The number of benzene rings is 3. The van der Waals surface area contributed by atoms with Gasteiger partial charge in [-0.3, -0.25) is 9.59 Å². The van der Waals surface area contributed by atoms with Crippen LogP contribution in [0, 0.1) is 0 Å². The molecule has 0 spiro atoms. The normalized spacial score (nSPS) is 11.5. The molecule has 3 rings (SSSR count). The van der Waals surface area contributed by atoms with E-state index in [0.29, 0.717) is 21.3 Å². The lowest BCUT2D eigenvalue weighted by atomic mass is 10.0. The molecule has 1 atom stereocenters. The molecule has 2 amide bonds. The first-order valence-corrected chi connectivity index (χ1v) is 9.44. The minimum absolute atomic E-state index is 0.0723. The third kappa shape index (κ3) is 5.35. The predicted octanol–water partition coefficient (Wildman–Crippen LogP) is 5.49. The summed E-state index contributed by atoms with van der Waals surface area (Å²) in [6.07, 6.45) is 0.0723. The van der Waals surface area contributed by atoms with Gasteiger partial charge in [0.15, 0.2) is 0 Å². The molecule has 0 aliphatic carbocycles. The number of hydrogen-bond acceptors (Lipinski definition) is 2. The summed E-state index contributed by atoms with van der Waals surface area (Å²) < 4.78 is 0. The number of halogens is 2. The van der Waals surface area contributed by atoms with Gasteiger partial charge in [0, 0.05) is 11.3 Å². The van der Waals surface area contributed by atoms with E-state index < -0.39 is 6.04 Å². The molecule has 0 saturated carbocycles. The fraction of sp³-hybridized carbons (Fsp3) is 0.0909. The van der Waals surface area contributed by atoms with Crippen molar-refractivity contribution in [3.63, 3.8) is 0 Å². The number of rotatable bonds is 6. The molecule has 4 nitrogen and oxygen atoms in total. The highest BCUT2D eigenvalue weighted by Gasteiger charge is 2.19. The van der Waals surface area contributed by atoms with E-state index in [1.807, 2.05) is 36.4 Å². The van der Waals surface area contributed by atoms with Crippen LogP contribution in [0.15, 0.2) is 78.9 Å². The van der Waals surface area contributed by atoms with E-state index in [4.69, 9.17) is 23.2 Å². The van der Waals surface area contributed by atoms with Gasteiger partial charge in [-0.05, 0) is 35.9 Å². The van der Waals surface area contributed by atoms with Crippen molar-refractivity contribution in [1.82, 2.24) is 5.32 Å². The summed E-state index contributed by atoms with van der Waals surface area (Å²) in [4.78, 5) is 25.1. The van der Waals surface area contributed by atoms with E-state index in [1.165, 1.54) is 0 Å². The van der Waals surface area contributed by atoms with Crippen LogP contribution in [-0.4, -0.2) is 11.8 Å². The van der Waals surface area contributed by atoms with Gasteiger partial charge >= 0.3 is 0 Å². The first-order chi connectivity index (χ1) is 13.5. The molecule has 0 aromatic heterocycles. The maximum absolute atomic E-state index is 12.6. The lowest BCUT2D eigenvalue weighted by molar-refractivity contribution is -0.116. The molecule has 142 valence electrons. The molecule has 6 heteroatoms. The Balaban J connectivity index is 1.74. The van der Waals surface area contributed by atoms with Gasteiger partial charge in [0.1, 0.15) is 0 Å². The van der Waals surface area contributed by atoms with Gasteiger partial charge in [-0.1, -0.05) is 71.7 Å². The Labute approximate surface area is 173 Å². The van der Waals surface area contributed by atoms with Crippen LogP contribution < -0.4 is 10.6 Å². The Bertz CT molecular complexity index is 963. The van der Waals surface area contributed by atoms with Gasteiger partial charge < -0.3 is 10.6 Å². The highest BCUT2D eigenvalue weighted by molar-refractivity contribution is 6.42. The zero-order valence-corrected chi connectivity index (χ0v) is 16.4. The molecule has 0 bridgehead atoms. The fourth-order valence-electron chi connectivity index (χ4n) is 2.74. The number of anilines is 1. The van der Waals surface area contributed by atoms with Crippen molar-refractivity contribution in [3.05, 3.63) is 100 Å². The van der Waals surface area contributed by atoms with Gasteiger partial charge in [-0.15, -0.1) is 0 Å². The highest BCUT2D eigenvalue weighted by Crippen LogP contribution is 2.25. The SMILES string of the molecule is O=C(C[C@H](NC(=O)c1ccccc1)c1ccccc1)Nc1ccc(Cl)c(Cl)c1. The van der Waals surface area contributed by atoms with E-state index in [9.17, 15) is 9.59 Å². The molecule has 0 aliphatic rings. The molecule has 28 heavy (non-hydrogen) atoms. The van der Waals surface area contributed by atoms with E-state index in [2.05, 4.69) is 10.6 Å². The zero-order chi connectivity index (χ0) is 19.9. The quantitative estimate of drug-likeness (QED) is 0.561. The second-order valence-electron chi connectivity index (χ2n) is 6.18. The van der Waals surface area contributed by atoms with E-state index in [-0.39, 0.29) is 18.2 Å². The average Bonchev–Trinajstić information content (AvgIpc) is 2.71. The van der Waals surface area contributed by atoms with Crippen LogP contribution in [-0.2, 0) is 4.79 Å². The number of nitrogens with one attached hydrogen (secondary N) is 2. The van der Waals surface area contributed by atoms with Crippen molar-refractivity contribution in [3.8, 4) is 0 Å². The monoisotopic (exact) mass is 412 g/mol. The molecular formula is C22H18Cl2N2O2. The van der Waals surface area contributed by atoms with Crippen LogP contribution in [0.25, 0.3) is 0 Å². The summed E-state index contributed by atoms with van der Waals surface area (Å²) in [5.74, 6) is -0.489. The van der Waals surface area contributed by atoms with Crippen molar-refractivity contribution in [2.45, 2.75) is 12.5 Å². The Morgan fingerprint density at radius 2 is 1.46 bits per heavy atom. The second-order valence-corrected chi connectivity index (χ2v) is 7.00. The maximum Gasteiger partial charge on any atom is 0.251 e. The summed E-state index contributed by atoms with van der Waals surface area (Å²) in [5.41, 5.74) is 1.92. The second kappa shape index (κ2) is 9.40. The zero-order valence-electron chi connectivity index (χ0n) is 14.9. The van der Waals surface area contributed by atoms with Crippen LogP contribution in [0.2, 0.25) is 10.0 Å². The average molecular weight is 413 g/mol. The molecule has 3 aromatic rings. The summed E-state index contributed by atoms with van der Waals surface area (Å²) in [6, 6.07) is 22.7. The summed E-state index contributed by atoms with van der Waals surface area (Å²) in [5, 5.41) is 6.50. The van der Waals surface area contributed by atoms with Crippen LogP contribution in [0.5, 0.6) is 0 Å². The number of carbonyl (C=O) groups is 2. The van der Waals surface area contributed by atoms with Crippen molar-refractivity contribution in [2.75, 3.05) is 5.32 Å². The molecule has 0 saturated heterocycles. The van der Waals surface area contributed by atoms with Gasteiger partial charge in [0.2, 0.25) is 5.91 Å². The smallest absolute Gasteiger partial charge is 0.251 e. The minimum atomic E-state index is -0.475. The Kier molecular flexibility index (Phi) is 6.69. The van der Waals surface area contributed by atoms with E-state index >= 15 is 0 Å². The fourth-order valence-corrected chi connectivity index (χ4v) is 3.04. The molecule has 3 aromatic carbocycles. The lowest BCUT2D eigenvalue weighted by Gasteiger charge is -2.19. The maximum atomic E-state index is 12.6. The Morgan fingerprint density at radius 1 is 0.821 bits per heavy atom. The third-order valence-corrected chi connectivity index (χ3v) is 4.88. The van der Waals surface area contributed by atoms with Crippen molar-refractivity contribution >= 4 is 40.7 Å². The summed E-state index contributed by atoms with van der Waals surface area (Å²) in [7, 11) is 0.